The Morgan fingerprint density at radius 2 is 1.94 bits per heavy atom. The molecule has 0 radical (unpaired) electrons. The second kappa shape index (κ2) is 10.3. The summed E-state index contributed by atoms with van der Waals surface area (Å²) in [6.45, 7) is 4.63. The van der Waals surface area contributed by atoms with Gasteiger partial charge in [0.05, 0.1) is 13.0 Å². The zero-order valence-corrected chi connectivity index (χ0v) is 19.9. The van der Waals surface area contributed by atoms with Crippen LogP contribution >= 0.6 is 0 Å². The minimum atomic E-state index is -0.375. The Kier molecular flexibility index (Phi) is 7.80. The molecule has 0 aromatic heterocycles. The molecule has 2 aliphatic rings. The number of methoxy groups -OCH3 is 1. The molecule has 1 fully saturated rings. The smallest absolute Gasteiger partial charge is 0.535 e. The Morgan fingerprint density at radius 3 is 2.61 bits per heavy atom. The summed E-state index contributed by atoms with van der Waals surface area (Å²) in [5, 5.41) is 3.29. The van der Waals surface area contributed by atoms with Crippen molar-refractivity contribution in [3.8, 4) is 5.75 Å². The van der Waals surface area contributed by atoms with Crippen molar-refractivity contribution in [2.75, 3.05) is 43.5 Å². The summed E-state index contributed by atoms with van der Waals surface area (Å²) in [4.78, 5) is 16.7. The van der Waals surface area contributed by atoms with Crippen LogP contribution in [-0.4, -0.2) is 50.1 Å². The summed E-state index contributed by atoms with van der Waals surface area (Å²) in [6.07, 6.45) is 2.38. The molecule has 166 valence electrons. The minimum absolute atomic E-state index is 0. The molecule has 1 amide bonds. The number of nitrogens with two attached hydrogens (primary N) is 1. The third-order valence-corrected chi connectivity index (χ3v) is 5.83. The summed E-state index contributed by atoms with van der Waals surface area (Å²) in [7, 11) is 1.65. The van der Waals surface area contributed by atoms with Crippen LogP contribution in [0.2, 0.25) is 0 Å². The van der Waals surface area contributed by atoms with Gasteiger partial charge in [0.25, 0.3) is 0 Å². The van der Waals surface area contributed by atoms with Gasteiger partial charge in [0, 0.05) is 37.6 Å². The summed E-state index contributed by atoms with van der Waals surface area (Å²) >= 11 is 0. The topological polar surface area (TPSA) is 70.8 Å². The first-order valence-electron chi connectivity index (χ1n) is 10.2. The first kappa shape index (κ1) is 23.4. The molecule has 1 saturated heterocycles. The van der Waals surface area contributed by atoms with Crippen LogP contribution in [-0.2, 0) is 31.0 Å². The monoisotopic (exact) mass is 602 g/mol. The van der Waals surface area contributed by atoms with E-state index in [0.29, 0.717) is 26.2 Å². The van der Waals surface area contributed by atoms with Crippen molar-refractivity contribution >= 4 is 17.3 Å². The number of benzene rings is 2. The van der Waals surface area contributed by atoms with Crippen molar-refractivity contribution in [2.45, 2.75) is 12.5 Å². The molecule has 6 nitrogen and oxygen atoms in total. The Labute approximate surface area is 196 Å². The molecule has 0 spiro atoms. The number of nitrogens with zero attached hydrogens (tertiary/aromatic N) is 2. The van der Waals surface area contributed by atoms with Gasteiger partial charge in [0.15, 0.2) is 0 Å². The van der Waals surface area contributed by atoms with E-state index in [1.165, 1.54) is 12.1 Å². The number of nitrogens with one attached hydrogen (secondary N) is 1. The molecule has 2 aromatic rings. The molecule has 0 aliphatic carbocycles. The van der Waals surface area contributed by atoms with Gasteiger partial charge in [0.1, 0.15) is 11.6 Å². The van der Waals surface area contributed by atoms with Crippen LogP contribution in [0.25, 0.3) is 0 Å². The Hall–Kier alpha value is -2.29. The number of fused-ring (bicyclic) bond motifs is 1. The maximum Gasteiger partial charge on any atom is 2.00 e. The number of hydrogen-bond acceptors (Lipinski definition) is 5. The Bertz CT molecular complexity index is 888. The van der Waals surface area contributed by atoms with E-state index in [-0.39, 0.29) is 43.5 Å². The Balaban J connectivity index is 0.00000272. The molecule has 2 unspecified atom stereocenters. The molecule has 2 aliphatic heterocycles. The van der Waals surface area contributed by atoms with E-state index in [9.17, 15) is 9.18 Å². The molecule has 2 heterocycles. The van der Waals surface area contributed by atoms with Gasteiger partial charge in [-0.2, -0.15) is 5.92 Å². The van der Waals surface area contributed by atoms with Gasteiger partial charge >= 0.3 is 19.8 Å². The molecule has 3 N–H and O–H groups in total. The van der Waals surface area contributed by atoms with Crippen LogP contribution in [0.4, 0.5) is 15.8 Å². The molecule has 0 bridgehead atoms. The summed E-state index contributed by atoms with van der Waals surface area (Å²) in [5.41, 5.74) is 9.51. The zero-order valence-electron chi connectivity index (χ0n) is 17.4. The summed E-state index contributed by atoms with van der Waals surface area (Å²) in [6, 6.07) is 12.0. The summed E-state index contributed by atoms with van der Waals surface area (Å²) < 4.78 is 18.4. The number of rotatable bonds is 5. The minimum Gasteiger partial charge on any atom is -0.535 e. The van der Waals surface area contributed by atoms with Crippen LogP contribution < -0.4 is 20.7 Å². The van der Waals surface area contributed by atoms with E-state index in [0.717, 1.165) is 29.1 Å². The van der Waals surface area contributed by atoms with Crippen LogP contribution in [0.5, 0.6) is 5.75 Å². The van der Waals surface area contributed by atoms with Crippen LogP contribution in [0.15, 0.2) is 42.5 Å². The van der Waals surface area contributed by atoms with Crippen molar-refractivity contribution < 1.29 is 33.7 Å². The fourth-order valence-electron chi connectivity index (χ4n) is 3.99. The van der Waals surface area contributed by atoms with Crippen molar-refractivity contribution in [1.82, 2.24) is 4.90 Å². The van der Waals surface area contributed by atoms with Gasteiger partial charge in [-0.3, -0.25) is 6.42 Å². The number of amides is 1. The number of piperazine rings is 1. The van der Waals surface area contributed by atoms with E-state index in [1.807, 2.05) is 29.6 Å². The molecule has 0 saturated carbocycles. The maximum atomic E-state index is 13.1. The Morgan fingerprint density at radius 1 is 1.23 bits per heavy atom. The molecule has 31 heavy (non-hydrogen) atoms. The van der Waals surface area contributed by atoms with E-state index >= 15 is 0 Å². The molecular weight excluding hydrogens is 574 g/mol. The second-order valence-corrected chi connectivity index (χ2v) is 7.73. The number of anilines is 2. The molecule has 8 heteroatoms. The van der Waals surface area contributed by atoms with Crippen molar-refractivity contribution in [3.63, 3.8) is 0 Å². The van der Waals surface area contributed by atoms with E-state index in [1.54, 1.807) is 25.7 Å². The quantitative estimate of drug-likeness (QED) is 0.517. The molecular formula is C23H27FN4O2Os. The third-order valence-electron chi connectivity index (χ3n) is 5.83. The summed E-state index contributed by atoms with van der Waals surface area (Å²) in [5.74, 6) is 0.551. The maximum absolute atomic E-state index is 13.1. The number of carbonyl (C=O) groups is 1. The van der Waals surface area contributed by atoms with Gasteiger partial charge in [-0.1, -0.05) is 0 Å². The average Bonchev–Trinajstić information content (AvgIpc) is 2.78. The first-order chi connectivity index (χ1) is 14.5. The van der Waals surface area contributed by atoms with Gasteiger partial charge in [-0.15, -0.1) is 6.04 Å². The van der Waals surface area contributed by atoms with Crippen LogP contribution in [0.3, 0.4) is 0 Å². The van der Waals surface area contributed by atoms with Gasteiger partial charge in [-0.05, 0) is 54.4 Å². The third kappa shape index (κ3) is 5.50. The molecule has 2 atom stereocenters. The normalized spacial score (nSPS) is 18.9. The molecule has 2 aromatic carbocycles. The molecule has 4 rings (SSSR count). The van der Waals surface area contributed by atoms with Crippen LogP contribution in [0.1, 0.15) is 5.56 Å². The van der Waals surface area contributed by atoms with Gasteiger partial charge in [-0.25, -0.2) is 10.9 Å². The van der Waals surface area contributed by atoms with Crippen molar-refractivity contribution in [3.05, 3.63) is 66.8 Å². The fourth-order valence-corrected chi connectivity index (χ4v) is 3.99. The standard InChI is InChI=1S/C23H27FN4O2.Os/c1-30-20-6-7-22-16(13-20)12-17(15-26-22)21(25)14-23(29)28-10-8-27(9-11-28)19-4-2-18(24)3-5-19;/h2-7,13-15,17,21,26H,8-12,25H2,1H3;/q-2;+2. The number of carbonyl (C=O) groups excluding carboxylic acids is 1. The van der Waals surface area contributed by atoms with Crippen molar-refractivity contribution in [2.24, 2.45) is 11.7 Å². The van der Waals surface area contributed by atoms with Crippen molar-refractivity contribution in [1.29, 1.82) is 0 Å². The fraction of sp³-hybridized carbons (Fsp3) is 0.348. The average molecular weight is 601 g/mol. The number of ether oxygens (including phenoxy) is 1. The van der Waals surface area contributed by atoms with Gasteiger partial charge in [0.2, 0.25) is 0 Å². The van der Waals surface area contributed by atoms with E-state index in [2.05, 4.69) is 10.2 Å². The first-order valence-corrected chi connectivity index (χ1v) is 10.2. The predicted octanol–water partition coefficient (Wildman–Crippen LogP) is 2.46. The number of hydrogen-bond donors (Lipinski definition) is 2. The van der Waals surface area contributed by atoms with E-state index in [4.69, 9.17) is 10.5 Å². The SMILES string of the molecule is COc1ccc2c(c1)CC(C(N)[CH-]C(=O)N1CCN(c3ccc(F)cc3)CC1)[CH-]N2.[Os+2]. The number of halogens is 1. The zero-order chi connectivity index (χ0) is 21.1. The van der Waals surface area contributed by atoms with Gasteiger partial charge < -0.3 is 30.4 Å². The van der Waals surface area contributed by atoms with Crippen LogP contribution in [0, 0.1) is 24.7 Å². The second-order valence-electron chi connectivity index (χ2n) is 7.73. The predicted molar refractivity (Wildman–Crippen MR) is 116 cm³/mol. The largest absolute Gasteiger partial charge is 2.00 e. The van der Waals surface area contributed by atoms with E-state index < -0.39 is 0 Å².